The smallest absolute Gasteiger partial charge is 0.242 e. The van der Waals surface area contributed by atoms with E-state index in [-0.39, 0.29) is 18.2 Å². The van der Waals surface area contributed by atoms with Crippen LogP contribution < -0.4 is 10.1 Å². The number of benzene rings is 2. The molecule has 2 aromatic rings. The van der Waals surface area contributed by atoms with Gasteiger partial charge in [0.25, 0.3) is 0 Å². The summed E-state index contributed by atoms with van der Waals surface area (Å²) >= 11 is 6.04. The van der Waals surface area contributed by atoms with E-state index in [1.54, 1.807) is 31.1 Å². The maximum Gasteiger partial charge on any atom is 0.242 e. The Morgan fingerprint density at radius 3 is 2.54 bits per heavy atom. The molecular formula is C22H27ClN2O3. The van der Waals surface area contributed by atoms with Crippen LogP contribution in [0.5, 0.6) is 5.75 Å². The highest BCUT2D eigenvalue weighted by atomic mass is 35.5. The molecular weight excluding hydrogens is 376 g/mol. The van der Waals surface area contributed by atoms with Gasteiger partial charge in [-0.3, -0.25) is 9.59 Å². The number of nitrogens with zero attached hydrogens (tertiary/aromatic N) is 1. The zero-order chi connectivity index (χ0) is 20.5. The monoisotopic (exact) mass is 402 g/mol. The summed E-state index contributed by atoms with van der Waals surface area (Å²) in [5, 5.41) is 3.45. The molecule has 2 amide bonds. The van der Waals surface area contributed by atoms with Crippen molar-refractivity contribution in [2.24, 2.45) is 0 Å². The maximum absolute atomic E-state index is 13.1. The van der Waals surface area contributed by atoms with Gasteiger partial charge >= 0.3 is 0 Å². The highest BCUT2D eigenvalue weighted by Crippen LogP contribution is 2.18. The first kappa shape index (κ1) is 21.8. The molecule has 150 valence electrons. The molecule has 6 heteroatoms. The second kappa shape index (κ2) is 10.7. The van der Waals surface area contributed by atoms with Gasteiger partial charge in [0.15, 0.2) is 0 Å². The van der Waals surface area contributed by atoms with Crippen molar-refractivity contribution < 1.29 is 14.3 Å². The quantitative estimate of drug-likeness (QED) is 0.693. The van der Waals surface area contributed by atoms with Gasteiger partial charge < -0.3 is 15.0 Å². The molecule has 28 heavy (non-hydrogen) atoms. The van der Waals surface area contributed by atoms with E-state index in [2.05, 4.69) is 5.32 Å². The number of methoxy groups -OCH3 is 1. The van der Waals surface area contributed by atoms with Crippen LogP contribution in [0.25, 0.3) is 0 Å². The van der Waals surface area contributed by atoms with Gasteiger partial charge in [0, 0.05) is 18.1 Å². The number of ether oxygens (including phenoxy) is 1. The van der Waals surface area contributed by atoms with Crippen LogP contribution in [0, 0.1) is 0 Å². The second-order valence-electron chi connectivity index (χ2n) is 6.65. The first-order valence-corrected chi connectivity index (χ1v) is 9.77. The average Bonchev–Trinajstić information content (AvgIpc) is 2.69. The largest absolute Gasteiger partial charge is 0.497 e. The molecule has 0 aromatic heterocycles. The normalized spacial score (nSPS) is 11.6. The van der Waals surface area contributed by atoms with Gasteiger partial charge in [0.1, 0.15) is 11.8 Å². The molecule has 0 aliphatic rings. The Hall–Kier alpha value is -2.53. The van der Waals surface area contributed by atoms with Gasteiger partial charge in [-0.1, -0.05) is 42.8 Å². The van der Waals surface area contributed by atoms with Crippen molar-refractivity contribution in [2.75, 3.05) is 13.7 Å². The van der Waals surface area contributed by atoms with E-state index < -0.39 is 6.04 Å². The van der Waals surface area contributed by atoms with Gasteiger partial charge in [-0.2, -0.15) is 0 Å². The summed E-state index contributed by atoms with van der Waals surface area (Å²) in [5.41, 5.74) is 1.71. The molecule has 0 unspecified atom stereocenters. The molecule has 0 fully saturated rings. The minimum atomic E-state index is -0.593. The van der Waals surface area contributed by atoms with Gasteiger partial charge in [-0.25, -0.2) is 0 Å². The van der Waals surface area contributed by atoms with Gasteiger partial charge in [-0.05, 0) is 48.7 Å². The molecule has 0 spiro atoms. The predicted octanol–water partition coefficient (Wildman–Crippen LogP) is 3.83. The maximum atomic E-state index is 13.1. The third-order valence-corrected chi connectivity index (χ3v) is 4.68. The lowest BCUT2D eigenvalue weighted by Gasteiger charge is -2.29. The van der Waals surface area contributed by atoms with Crippen LogP contribution in [-0.4, -0.2) is 36.4 Å². The highest BCUT2D eigenvalue weighted by molar-refractivity contribution is 6.30. The van der Waals surface area contributed by atoms with E-state index in [4.69, 9.17) is 16.3 Å². The van der Waals surface area contributed by atoms with E-state index >= 15 is 0 Å². The molecule has 0 saturated heterocycles. The first-order chi connectivity index (χ1) is 13.4. The summed E-state index contributed by atoms with van der Waals surface area (Å²) < 4.78 is 5.27. The molecule has 0 aliphatic heterocycles. The molecule has 0 aliphatic carbocycles. The van der Waals surface area contributed by atoms with Crippen molar-refractivity contribution >= 4 is 23.4 Å². The van der Waals surface area contributed by atoms with Crippen LogP contribution in [0.1, 0.15) is 31.4 Å². The summed E-state index contributed by atoms with van der Waals surface area (Å²) in [6.07, 6.45) is 1.01. The van der Waals surface area contributed by atoms with Crippen LogP contribution in [-0.2, 0) is 22.6 Å². The number of rotatable bonds is 9. The molecule has 0 bridgehead atoms. The lowest BCUT2D eigenvalue weighted by molar-refractivity contribution is -0.140. The molecule has 0 heterocycles. The minimum absolute atomic E-state index is 0.135. The van der Waals surface area contributed by atoms with E-state index in [9.17, 15) is 9.59 Å². The molecule has 0 saturated carbocycles. The van der Waals surface area contributed by atoms with Gasteiger partial charge in [0.05, 0.1) is 13.5 Å². The van der Waals surface area contributed by atoms with Crippen molar-refractivity contribution in [2.45, 2.75) is 39.3 Å². The number of hydrogen-bond acceptors (Lipinski definition) is 3. The summed E-state index contributed by atoms with van der Waals surface area (Å²) in [7, 11) is 1.60. The number of hydrogen-bond donors (Lipinski definition) is 1. The Kier molecular flexibility index (Phi) is 8.33. The second-order valence-corrected chi connectivity index (χ2v) is 7.08. The Bertz CT molecular complexity index is 810. The number of nitrogens with one attached hydrogen (secondary N) is 1. The van der Waals surface area contributed by atoms with Gasteiger partial charge in [-0.15, -0.1) is 0 Å². The Morgan fingerprint density at radius 2 is 1.86 bits per heavy atom. The number of amides is 2. The van der Waals surface area contributed by atoms with Crippen molar-refractivity contribution in [1.82, 2.24) is 10.2 Å². The molecule has 2 aromatic carbocycles. The predicted molar refractivity (Wildman–Crippen MR) is 111 cm³/mol. The van der Waals surface area contributed by atoms with Crippen molar-refractivity contribution in [3.63, 3.8) is 0 Å². The van der Waals surface area contributed by atoms with Crippen LogP contribution in [0.15, 0.2) is 48.5 Å². The lowest BCUT2D eigenvalue weighted by Crippen LogP contribution is -2.48. The molecule has 1 atom stereocenters. The fourth-order valence-electron chi connectivity index (χ4n) is 2.87. The van der Waals surface area contributed by atoms with Crippen LogP contribution in [0.4, 0.5) is 0 Å². The fourth-order valence-corrected chi connectivity index (χ4v) is 3.08. The summed E-state index contributed by atoms with van der Waals surface area (Å²) in [5.74, 6) is 0.413. The van der Waals surface area contributed by atoms with Crippen molar-refractivity contribution in [1.29, 1.82) is 0 Å². The highest BCUT2D eigenvalue weighted by Gasteiger charge is 2.26. The van der Waals surface area contributed by atoms with Crippen LogP contribution in [0.3, 0.4) is 0 Å². The summed E-state index contributed by atoms with van der Waals surface area (Å²) in [6.45, 7) is 4.64. The lowest BCUT2D eigenvalue weighted by atomic mass is 10.1. The Balaban J connectivity index is 2.23. The SMILES string of the molecule is CCCNC(=O)[C@@H](C)N(Cc1cccc(OC)c1)C(=O)Cc1cccc(Cl)c1. The molecule has 2 rings (SSSR count). The van der Waals surface area contributed by atoms with Gasteiger partial charge in [0.2, 0.25) is 11.8 Å². The standard InChI is InChI=1S/C22H27ClN2O3/c1-4-11-24-22(27)16(2)25(15-18-8-6-10-20(13-18)28-3)21(26)14-17-7-5-9-19(23)12-17/h5-10,12-13,16H,4,11,14-15H2,1-3H3,(H,24,27)/t16-/m1/s1. The van der Waals surface area contributed by atoms with E-state index in [1.807, 2.05) is 43.3 Å². The van der Waals surface area contributed by atoms with Crippen LogP contribution >= 0.6 is 11.6 Å². The topological polar surface area (TPSA) is 58.6 Å². The zero-order valence-corrected chi connectivity index (χ0v) is 17.3. The fraction of sp³-hybridized carbons (Fsp3) is 0.364. The minimum Gasteiger partial charge on any atom is -0.497 e. The average molecular weight is 403 g/mol. The number of halogens is 1. The molecule has 1 N–H and O–H groups in total. The molecule has 5 nitrogen and oxygen atoms in total. The first-order valence-electron chi connectivity index (χ1n) is 9.39. The third kappa shape index (κ3) is 6.27. The zero-order valence-electron chi connectivity index (χ0n) is 16.6. The summed E-state index contributed by atoms with van der Waals surface area (Å²) in [6, 6.07) is 14.1. The Labute approximate surface area is 171 Å². The van der Waals surface area contributed by atoms with E-state index in [0.717, 1.165) is 17.5 Å². The summed E-state index contributed by atoms with van der Waals surface area (Å²) in [4.78, 5) is 27.2. The third-order valence-electron chi connectivity index (χ3n) is 4.45. The van der Waals surface area contributed by atoms with Crippen molar-refractivity contribution in [3.8, 4) is 5.75 Å². The Morgan fingerprint density at radius 1 is 1.14 bits per heavy atom. The van der Waals surface area contributed by atoms with E-state index in [1.165, 1.54) is 0 Å². The van der Waals surface area contributed by atoms with Crippen LogP contribution in [0.2, 0.25) is 5.02 Å². The molecule has 0 radical (unpaired) electrons. The van der Waals surface area contributed by atoms with Crippen molar-refractivity contribution in [3.05, 3.63) is 64.7 Å². The number of carbonyl (C=O) groups excluding carboxylic acids is 2. The number of carbonyl (C=O) groups is 2. The van der Waals surface area contributed by atoms with E-state index in [0.29, 0.717) is 23.9 Å².